The van der Waals surface area contributed by atoms with Crippen LogP contribution in [0.4, 0.5) is 9.93 Å². The molecule has 9 heteroatoms. The molecule has 0 saturated heterocycles. The van der Waals surface area contributed by atoms with Crippen molar-refractivity contribution in [2.24, 2.45) is 0 Å². The highest BCUT2D eigenvalue weighted by Gasteiger charge is 2.29. The second-order valence-electron chi connectivity index (χ2n) is 5.35. The van der Waals surface area contributed by atoms with Gasteiger partial charge in [-0.15, -0.1) is 10.2 Å². The highest BCUT2D eigenvalue weighted by atomic mass is 32.1. The first-order valence-corrected chi connectivity index (χ1v) is 7.80. The average Bonchev–Trinajstić information content (AvgIpc) is 3.41. The molecule has 4 rings (SSSR count). The van der Waals surface area contributed by atoms with E-state index in [-0.39, 0.29) is 12.6 Å². The monoisotopic (exact) mass is 306 g/mol. The van der Waals surface area contributed by atoms with E-state index >= 15 is 0 Å². The molecule has 0 bridgehead atoms. The third-order valence-corrected chi connectivity index (χ3v) is 4.42. The van der Waals surface area contributed by atoms with E-state index in [9.17, 15) is 4.79 Å². The van der Waals surface area contributed by atoms with Crippen LogP contribution in [0.5, 0.6) is 0 Å². The van der Waals surface area contributed by atoms with E-state index in [1.807, 2.05) is 0 Å². The zero-order valence-corrected chi connectivity index (χ0v) is 12.0. The number of amides is 2. The van der Waals surface area contributed by atoms with Gasteiger partial charge in [-0.05, 0) is 25.7 Å². The van der Waals surface area contributed by atoms with Crippen LogP contribution >= 0.6 is 11.3 Å². The van der Waals surface area contributed by atoms with Crippen molar-refractivity contribution in [2.45, 2.75) is 44.1 Å². The van der Waals surface area contributed by atoms with E-state index < -0.39 is 0 Å². The molecule has 21 heavy (non-hydrogen) atoms. The molecule has 2 aromatic rings. The number of nitrogens with zero attached hydrogens (tertiary/aromatic N) is 4. The van der Waals surface area contributed by atoms with Gasteiger partial charge in [0, 0.05) is 11.8 Å². The largest absolute Gasteiger partial charge is 0.337 e. The van der Waals surface area contributed by atoms with Crippen LogP contribution in [0.25, 0.3) is 0 Å². The molecule has 0 unspecified atom stereocenters. The summed E-state index contributed by atoms with van der Waals surface area (Å²) in [7, 11) is 0. The molecular formula is C12H14N6O2S. The van der Waals surface area contributed by atoms with Gasteiger partial charge in [0.05, 0.1) is 6.54 Å². The van der Waals surface area contributed by atoms with Crippen molar-refractivity contribution in [3.8, 4) is 0 Å². The molecule has 2 amide bonds. The van der Waals surface area contributed by atoms with Crippen molar-refractivity contribution in [3.05, 3.63) is 16.7 Å². The van der Waals surface area contributed by atoms with Crippen LogP contribution in [0.3, 0.4) is 0 Å². The van der Waals surface area contributed by atoms with Crippen LogP contribution in [-0.2, 0) is 6.54 Å². The van der Waals surface area contributed by atoms with E-state index in [1.54, 1.807) is 0 Å². The summed E-state index contributed by atoms with van der Waals surface area (Å²) in [6, 6.07) is -0.348. The Balaban J connectivity index is 1.28. The first kappa shape index (κ1) is 12.7. The first-order chi connectivity index (χ1) is 10.3. The quantitative estimate of drug-likeness (QED) is 0.875. The molecule has 2 aromatic heterocycles. The number of carbonyl (C=O) groups excluding carboxylic acids is 1. The molecule has 2 aliphatic rings. The molecular weight excluding hydrogens is 292 g/mol. The van der Waals surface area contributed by atoms with Crippen molar-refractivity contribution in [1.29, 1.82) is 0 Å². The van der Waals surface area contributed by atoms with E-state index in [0.717, 1.165) is 23.7 Å². The molecule has 2 saturated carbocycles. The minimum absolute atomic E-state index is 0.208. The van der Waals surface area contributed by atoms with Gasteiger partial charge in [0.25, 0.3) is 0 Å². The maximum Gasteiger partial charge on any atom is 0.321 e. The van der Waals surface area contributed by atoms with Crippen LogP contribution in [0.15, 0.2) is 4.52 Å². The molecule has 0 aromatic carbocycles. The van der Waals surface area contributed by atoms with Gasteiger partial charge < -0.3 is 9.84 Å². The second-order valence-corrected chi connectivity index (χ2v) is 6.36. The number of hydrogen-bond donors (Lipinski definition) is 2. The fraction of sp³-hybridized carbons (Fsp3) is 0.583. The van der Waals surface area contributed by atoms with Gasteiger partial charge in [-0.3, -0.25) is 5.32 Å². The lowest BCUT2D eigenvalue weighted by Gasteiger charge is -2.01. The predicted octanol–water partition coefficient (Wildman–Crippen LogP) is 2.00. The van der Waals surface area contributed by atoms with E-state index in [1.165, 1.54) is 24.2 Å². The topological polar surface area (TPSA) is 106 Å². The van der Waals surface area contributed by atoms with Gasteiger partial charge in [-0.25, -0.2) is 4.79 Å². The Morgan fingerprint density at radius 3 is 2.81 bits per heavy atom. The van der Waals surface area contributed by atoms with E-state index in [0.29, 0.717) is 22.9 Å². The zero-order chi connectivity index (χ0) is 14.2. The van der Waals surface area contributed by atoms with Gasteiger partial charge in [-0.2, -0.15) is 4.98 Å². The number of nitrogens with one attached hydrogen (secondary N) is 2. The van der Waals surface area contributed by atoms with Crippen LogP contribution < -0.4 is 10.6 Å². The van der Waals surface area contributed by atoms with Crippen molar-refractivity contribution in [1.82, 2.24) is 25.7 Å². The lowest BCUT2D eigenvalue weighted by molar-refractivity contribution is 0.249. The predicted molar refractivity (Wildman–Crippen MR) is 74.0 cm³/mol. The number of anilines is 1. The molecule has 2 fully saturated rings. The van der Waals surface area contributed by atoms with Gasteiger partial charge in [0.2, 0.25) is 11.0 Å². The SMILES string of the molecule is O=C(NCc1nc(C2CC2)no1)Nc1nnc(C2CC2)s1. The third-order valence-electron chi connectivity index (χ3n) is 3.41. The Morgan fingerprint density at radius 1 is 1.24 bits per heavy atom. The second kappa shape index (κ2) is 5.06. The molecule has 0 spiro atoms. The summed E-state index contributed by atoms with van der Waals surface area (Å²) in [6.07, 6.45) is 4.57. The van der Waals surface area contributed by atoms with Gasteiger partial charge in [-0.1, -0.05) is 16.5 Å². The summed E-state index contributed by atoms with van der Waals surface area (Å²) < 4.78 is 5.08. The Kier molecular flexibility index (Phi) is 3.06. The minimum atomic E-state index is -0.348. The zero-order valence-electron chi connectivity index (χ0n) is 11.2. The molecule has 2 heterocycles. The molecule has 2 N–H and O–H groups in total. The Bertz CT molecular complexity index is 660. The average molecular weight is 306 g/mol. The smallest absolute Gasteiger partial charge is 0.321 e. The van der Waals surface area contributed by atoms with E-state index in [4.69, 9.17) is 4.52 Å². The van der Waals surface area contributed by atoms with Gasteiger partial charge in [0.1, 0.15) is 5.01 Å². The fourth-order valence-electron chi connectivity index (χ4n) is 1.92. The molecule has 0 aliphatic heterocycles. The Morgan fingerprint density at radius 2 is 2.05 bits per heavy atom. The number of aromatic nitrogens is 4. The molecule has 0 radical (unpaired) electrons. The summed E-state index contributed by atoms with van der Waals surface area (Å²) in [5.41, 5.74) is 0. The van der Waals surface area contributed by atoms with Crippen molar-refractivity contribution < 1.29 is 9.32 Å². The Labute approximate surface area is 124 Å². The van der Waals surface area contributed by atoms with Crippen LogP contribution in [0.2, 0.25) is 0 Å². The maximum atomic E-state index is 11.8. The minimum Gasteiger partial charge on any atom is -0.337 e. The van der Waals surface area contributed by atoms with Crippen LogP contribution in [-0.4, -0.2) is 26.4 Å². The van der Waals surface area contributed by atoms with Crippen LogP contribution in [0.1, 0.15) is 54.2 Å². The Hall–Kier alpha value is -2.03. The van der Waals surface area contributed by atoms with Crippen molar-refractivity contribution >= 4 is 22.5 Å². The molecule has 0 atom stereocenters. The van der Waals surface area contributed by atoms with Crippen molar-refractivity contribution in [2.75, 3.05) is 5.32 Å². The fourth-order valence-corrected chi connectivity index (χ4v) is 2.83. The number of urea groups is 1. The number of rotatable bonds is 5. The van der Waals surface area contributed by atoms with E-state index in [2.05, 4.69) is 31.0 Å². The third kappa shape index (κ3) is 3.02. The van der Waals surface area contributed by atoms with Gasteiger partial charge in [0.15, 0.2) is 5.82 Å². The molecule has 2 aliphatic carbocycles. The number of hydrogen-bond acceptors (Lipinski definition) is 7. The maximum absolute atomic E-state index is 11.8. The first-order valence-electron chi connectivity index (χ1n) is 6.98. The van der Waals surface area contributed by atoms with Crippen LogP contribution in [0, 0.1) is 0 Å². The van der Waals surface area contributed by atoms with Gasteiger partial charge >= 0.3 is 6.03 Å². The molecule has 8 nitrogen and oxygen atoms in total. The highest BCUT2D eigenvalue weighted by Crippen LogP contribution is 2.42. The summed E-state index contributed by atoms with van der Waals surface area (Å²) in [5.74, 6) is 2.15. The highest BCUT2D eigenvalue weighted by molar-refractivity contribution is 7.15. The normalized spacial score (nSPS) is 17.7. The summed E-state index contributed by atoms with van der Waals surface area (Å²) >= 11 is 1.42. The summed E-state index contributed by atoms with van der Waals surface area (Å²) in [4.78, 5) is 16.0. The number of carbonyl (C=O) groups is 1. The summed E-state index contributed by atoms with van der Waals surface area (Å²) in [5, 5.41) is 18.7. The standard InChI is InChI=1S/C12H14N6O2S/c19-11(15-12-17-16-10(21-12)7-3-4-7)13-5-8-14-9(18-20-8)6-1-2-6/h6-7H,1-5H2,(H2,13,15,17,19). The summed E-state index contributed by atoms with van der Waals surface area (Å²) in [6.45, 7) is 0.208. The molecule has 110 valence electrons. The lowest BCUT2D eigenvalue weighted by Crippen LogP contribution is -2.28. The van der Waals surface area contributed by atoms with Crippen molar-refractivity contribution in [3.63, 3.8) is 0 Å². The lowest BCUT2D eigenvalue weighted by atomic mass is 10.4.